The second-order valence-corrected chi connectivity index (χ2v) is 7.87. The highest BCUT2D eigenvalue weighted by atomic mass is 35.5. The molecule has 5 heteroatoms. The lowest BCUT2D eigenvalue weighted by atomic mass is 9.88. The van der Waals surface area contributed by atoms with E-state index in [1.807, 2.05) is 13.0 Å². The fourth-order valence-corrected chi connectivity index (χ4v) is 3.86. The number of hydrogen-bond donors (Lipinski definition) is 1. The SMILES string of the molecule is C=C1C=C(C2CC2)OC(c2ccnc(NCCC)n2)=C1C1=C(Cl)C(=CC)CC=C1. The third-order valence-electron chi connectivity index (χ3n) is 5.24. The van der Waals surface area contributed by atoms with Gasteiger partial charge in [0.15, 0.2) is 5.76 Å². The molecule has 0 atom stereocenters. The highest BCUT2D eigenvalue weighted by Crippen LogP contribution is 2.46. The molecule has 1 aromatic rings. The van der Waals surface area contributed by atoms with Gasteiger partial charge in [-0.3, -0.25) is 0 Å². The van der Waals surface area contributed by atoms with Gasteiger partial charge in [0, 0.05) is 29.8 Å². The minimum Gasteiger partial charge on any atom is -0.458 e. The van der Waals surface area contributed by atoms with E-state index in [2.05, 4.69) is 48.1 Å². The molecule has 0 bridgehead atoms. The van der Waals surface area contributed by atoms with E-state index in [1.165, 1.54) is 0 Å². The Morgan fingerprint density at radius 3 is 2.93 bits per heavy atom. The van der Waals surface area contributed by atoms with Gasteiger partial charge in [-0.05, 0) is 55.9 Å². The molecule has 1 fully saturated rings. The van der Waals surface area contributed by atoms with Crippen molar-refractivity contribution >= 4 is 23.3 Å². The van der Waals surface area contributed by atoms with Crippen LogP contribution in [0.3, 0.4) is 0 Å². The quantitative estimate of drug-likeness (QED) is 0.602. The van der Waals surface area contributed by atoms with Crippen molar-refractivity contribution in [2.24, 2.45) is 5.92 Å². The molecule has 1 N–H and O–H groups in total. The normalized spacial score (nSPS) is 20.9. The van der Waals surface area contributed by atoms with Gasteiger partial charge in [0.25, 0.3) is 0 Å². The van der Waals surface area contributed by atoms with Crippen LogP contribution in [0.1, 0.15) is 45.2 Å². The lowest BCUT2D eigenvalue weighted by molar-refractivity contribution is 0.346. The summed E-state index contributed by atoms with van der Waals surface area (Å²) >= 11 is 6.77. The third kappa shape index (κ3) is 4.08. The van der Waals surface area contributed by atoms with Gasteiger partial charge in [-0.1, -0.05) is 43.3 Å². The van der Waals surface area contributed by atoms with E-state index >= 15 is 0 Å². The van der Waals surface area contributed by atoms with Crippen molar-refractivity contribution < 1.29 is 4.74 Å². The number of rotatable bonds is 6. The third-order valence-corrected chi connectivity index (χ3v) is 5.69. The number of aromatic nitrogens is 2. The van der Waals surface area contributed by atoms with E-state index in [1.54, 1.807) is 6.20 Å². The monoisotopic (exact) mass is 407 g/mol. The fraction of sp³-hybridized carbons (Fsp3) is 0.333. The molecule has 4 nitrogen and oxygen atoms in total. The summed E-state index contributed by atoms with van der Waals surface area (Å²) in [5, 5.41) is 4.00. The van der Waals surface area contributed by atoms with Gasteiger partial charge >= 0.3 is 0 Å². The van der Waals surface area contributed by atoms with Crippen LogP contribution in [0.25, 0.3) is 5.76 Å². The molecule has 1 aromatic heterocycles. The highest BCUT2D eigenvalue weighted by molar-refractivity contribution is 6.33. The van der Waals surface area contributed by atoms with E-state index in [0.29, 0.717) is 17.6 Å². The largest absolute Gasteiger partial charge is 0.458 e. The number of hydrogen-bond acceptors (Lipinski definition) is 4. The molecule has 0 unspecified atom stereocenters. The predicted octanol–water partition coefficient (Wildman–Crippen LogP) is 6.29. The van der Waals surface area contributed by atoms with Crippen molar-refractivity contribution in [1.29, 1.82) is 0 Å². The van der Waals surface area contributed by atoms with E-state index < -0.39 is 0 Å². The van der Waals surface area contributed by atoms with Crippen LogP contribution in [0, 0.1) is 5.92 Å². The molecular formula is C24H26ClN3O. The first-order chi connectivity index (χ1) is 14.1. The second-order valence-electron chi connectivity index (χ2n) is 7.49. The average Bonchev–Trinajstić information content (AvgIpc) is 3.58. The molecule has 150 valence electrons. The van der Waals surface area contributed by atoms with E-state index in [4.69, 9.17) is 21.3 Å². The summed E-state index contributed by atoms with van der Waals surface area (Å²) < 4.78 is 6.43. The maximum absolute atomic E-state index is 6.77. The molecule has 3 aliphatic rings. The van der Waals surface area contributed by atoms with E-state index in [-0.39, 0.29) is 0 Å². The maximum Gasteiger partial charge on any atom is 0.223 e. The average molecular weight is 408 g/mol. The Morgan fingerprint density at radius 1 is 1.38 bits per heavy atom. The van der Waals surface area contributed by atoms with Crippen molar-refractivity contribution in [3.8, 4) is 0 Å². The summed E-state index contributed by atoms with van der Waals surface area (Å²) in [6, 6.07) is 1.88. The molecule has 2 aliphatic carbocycles. The Morgan fingerprint density at radius 2 is 2.21 bits per heavy atom. The van der Waals surface area contributed by atoms with Gasteiger partial charge < -0.3 is 10.1 Å². The summed E-state index contributed by atoms with van der Waals surface area (Å²) in [6.45, 7) is 9.29. The Balaban J connectivity index is 1.83. The first-order valence-corrected chi connectivity index (χ1v) is 10.6. The van der Waals surface area contributed by atoms with Crippen molar-refractivity contribution in [2.45, 2.75) is 39.5 Å². The van der Waals surface area contributed by atoms with Gasteiger partial charge in [-0.15, -0.1) is 0 Å². The van der Waals surface area contributed by atoms with E-state index in [0.717, 1.165) is 71.0 Å². The Labute approximate surface area is 177 Å². The molecule has 4 rings (SSSR count). The fourth-order valence-electron chi connectivity index (χ4n) is 3.52. The zero-order chi connectivity index (χ0) is 20.4. The molecule has 0 spiro atoms. The summed E-state index contributed by atoms with van der Waals surface area (Å²) in [5.74, 6) is 2.75. The van der Waals surface area contributed by atoms with Crippen molar-refractivity contribution in [3.05, 3.63) is 81.9 Å². The molecule has 0 amide bonds. The number of nitrogens with one attached hydrogen (secondary N) is 1. The molecular weight excluding hydrogens is 382 g/mol. The van der Waals surface area contributed by atoms with Crippen LogP contribution in [0.15, 0.2) is 76.2 Å². The summed E-state index contributed by atoms with van der Waals surface area (Å²) in [5.41, 5.74) is 4.58. The Hall–Kier alpha value is -2.59. The zero-order valence-electron chi connectivity index (χ0n) is 17.0. The van der Waals surface area contributed by atoms with Crippen LogP contribution in [0.2, 0.25) is 0 Å². The lowest BCUT2D eigenvalue weighted by Crippen LogP contribution is -2.12. The topological polar surface area (TPSA) is 47.0 Å². The molecule has 0 radical (unpaired) electrons. The molecule has 2 heterocycles. The van der Waals surface area contributed by atoms with Gasteiger partial charge in [0.2, 0.25) is 5.95 Å². The summed E-state index contributed by atoms with van der Waals surface area (Å²) in [6.07, 6.45) is 14.2. The highest BCUT2D eigenvalue weighted by Gasteiger charge is 2.34. The van der Waals surface area contributed by atoms with Crippen molar-refractivity contribution in [3.63, 3.8) is 0 Å². The van der Waals surface area contributed by atoms with Crippen LogP contribution >= 0.6 is 11.6 Å². The lowest BCUT2D eigenvalue weighted by Gasteiger charge is -2.26. The number of anilines is 1. The maximum atomic E-state index is 6.77. The number of ether oxygens (including phenoxy) is 1. The molecule has 1 saturated carbocycles. The van der Waals surface area contributed by atoms with Gasteiger partial charge in [-0.25, -0.2) is 9.97 Å². The van der Waals surface area contributed by atoms with Gasteiger partial charge in [0.05, 0.1) is 5.03 Å². The van der Waals surface area contributed by atoms with Gasteiger partial charge in [-0.2, -0.15) is 0 Å². The van der Waals surface area contributed by atoms with Crippen LogP contribution in [0.5, 0.6) is 0 Å². The number of halogens is 1. The van der Waals surface area contributed by atoms with Crippen LogP contribution in [-0.4, -0.2) is 16.5 Å². The predicted molar refractivity (Wildman–Crippen MR) is 119 cm³/mol. The smallest absolute Gasteiger partial charge is 0.223 e. The minimum atomic E-state index is 0.472. The van der Waals surface area contributed by atoms with Crippen LogP contribution in [0.4, 0.5) is 5.95 Å². The van der Waals surface area contributed by atoms with Crippen LogP contribution in [-0.2, 0) is 4.74 Å². The summed E-state index contributed by atoms with van der Waals surface area (Å²) in [7, 11) is 0. The van der Waals surface area contributed by atoms with Crippen molar-refractivity contribution in [1.82, 2.24) is 9.97 Å². The first-order valence-electron chi connectivity index (χ1n) is 10.2. The zero-order valence-corrected chi connectivity index (χ0v) is 17.7. The Kier molecular flexibility index (Phi) is 5.72. The second kappa shape index (κ2) is 8.42. The standard InChI is InChI=1S/C24H26ClN3O/c1-4-12-26-24-27-13-11-19(28-24)23-21(15(3)14-20(29-23)17-9-10-17)18-8-6-7-16(5-2)22(18)25/h5-6,8,11,13-14,17H,3-4,7,9-10,12H2,1-2H3,(H,26,27,28). The number of allylic oxidation sites excluding steroid dienone is 10. The molecule has 0 saturated heterocycles. The number of nitrogens with zero attached hydrogens (tertiary/aromatic N) is 2. The first kappa shape index (κ1) is 19.7. The van der Waals surface area contributed by atoms with Crippen LogP contribution < -0.4 is 5.32 Å². The van der Waals surface area contributed by atoms with Gasteiger partial charge in [0.1, 0.15) is 11.5 Å². The molecule has 29 heavy (non-hydrogen) atoms. The molecule has 1 aliphatic heterocycles. The van der Waals surface area contributed by atoms with E-state index in [9.17, 15) is 0 Å². The Bertz CT molecular complexity index is 993. The van der Waals surface area contributed by atoms with Crippen molar-refractivity contribution in [2.75, 3.05) is 11.9 Å². The summed E-state index contributed by atoms with van der Waals surface area (Å²) in [4.78, 5) is 9.05. The molecule has 0 aromatic carbocycles. The minimum absolute atomic E-state index is 0.472.